The summed E-state index contributed by atoms with van der Waals surface area (Å²) < 4.78 is 0. The van der Waals surface area contributed by atoms with Gasteiger partial charge in [0.1, 0.15) is 0 Å². The molecule has 206 valence electrons. The van der Waals surface area contributed by atoms with Crippen LogP contribution in [0.2, 0.25) is 0 Å². The first-order chi connectivity index (χ1) is 19.7. The standard InChI is InChI=1S/C33H38N6O/c1-24(25-11-4-2-5-12-25)36-32(40)30-27-15-8-9-16-29(27)37-31(26-13-6-3-7-14-26)28(30)23-38-19-21-39(22-20-38)33-34-17-10-18-35-33/h3,6-10,13-18,24-25H,2,4-5,11-12,19-23H2,1H3,(H,36,40)/t24-/m0/s1. The number of nitrogens with one attached hydrogen (secondary N) is 1. The molecule has 2 fully saturated rings. The number of piperazine rings is 1. The van der Waals surface area contributed by atoms with Gasteiger partial charge in [-0.15, -0.1) is 0 Å². The van der Waals surface area contributed by atoms with Crippen molar-refractivity contribution in [3.63, 3.8) is 0 Å². The molecule has 4 aromatic rings. The molecule has 0 unspecified atom stereocenters. The summed E-state index contributed by atoms with van der Waals surface area (Å²) in [7, 11) is 0. The van der Waals surface area contributed by atoms with Gasteiger partial charge in [0.15, 0.2) is 0 Å². The van der Waals surface area contributed by atoms with E-state index in [4.69, 9.17) is 4.98 Å². The molecular formula is C33H38N6O. The molecule has 1 saturated heterocycles. The van der Waals surface area contributed by atoms with Crippen LogP contribution in [0.5, 0.6) is 0 Å². The van der Waals surface area contributed by atoms with Crippen molar-refractivity contribution in [3.05, 3.63) is 84.2 Å². The zero-order chi connectivity index (χ0) is 27.3. The highest BCUT2D eigenvalue weighted by Crippen LogP contribution is 2.33. The molecule has 1 aliphatic heterocycles. The van der Waals surface area contributed by atoms with Crippen molar-refractivity contribution in [2.45, 2.75) is 51.6 Å². The number of carbonyl (C=O) groups excluding carboxylic acids is 1. The highest BCUT2D eigenvalue weighted by atomic mass is 16.1. The normalized spacial score (nSPS) is 17.6. The first-order valence-corrected chi connectivity index (χ1v) is 14.7. The van der Waals surface area contributed by atoms with E-state index in [-0.39, 0.29) is 11.9 Å². The molecule has 2 aromatic carbocycles. The molecule has 7 nitrogen and oxygen atoms in total. The minimum Gasteiger partial charge on any atom is -0.349 e. The summed E-state index contributed by atoms with van der Waals surface area (Å²) in [5.74, 6) is 1.33. The molecule has 6 rings (SSSR count). The lowest BCUT2D eigenvalue weighted by molar-refractivity contribution is 0.0918. The second-order valence-corrected chi connectivity index (χ2v) is 11.2. The third-order valence-corrected chi connectivity index (χ3v) is 8.57. The van der Waals surface area contributed by atoms with E-state index >= 15 is 0 Å². The number of hydrogen-bond acceptors (Lipinski definition) is 6. The number of carbonyl (C=O) groups is 1. The Morgan fingerprint density at radius 1 is 0.900 bits per heavy atom. The second-order valence-electron chi connectivity index (χ2n) is 11.2. The summed E-state index contributed by atoms with van der Waals surface area (Å²) >= 11 is 0. The number of para-hydroxylation sites is 1. The van der Waals surface area contributed by atoms with Crippen LogP contribution in [-0.2, 0) is 6.54 Å². The molecule has 0 radical (unpaired) electrons. The van der Waals surface area contributed by atoms with Crippen molar-refractivity contribution < 1.29 is 4.79 Å². The SMILES string of the molecule is C[C@H](NC(=O)c1c(CN2CCN(c3ncccn3)CC2)c(-c2ccccc2)nc2ccccc12)C1CCCCC1. The number of amides is 1. The highest BCUT2D eigenvalue weighted by molar-refractivity contribution is 6.09. The minimum absolute atomic E-state index is 0.0141. The first-order valence-electron chi connectivity index (χ1n) is 14.7. The summed E-state index contributed by atoms with van der Waals surface area (Å²) in [4.78, 5) is 32.9. The molecule has 0 spiro atoms. The fourth-order valence-corrected chi connectivity index (χ4v) is 6.31. The van der Waals surface area contributed by atoms with Crippen molar-refractivity contribution in [1.82, 2.24) is 25.2 Å². The van der Waals surface area contributed by atoms with Gasteiger partial charge in [-0.1, -0.05) is 67.8 Å². The number of nitrogens with zero attached hydrogens (tertiary/aromatic N) is 5. The second kappa shape index (κ2) is 12.1. The average Bonchev–Trinajstić information content (AvgIpc) is 3.02. The van der Waals surface area contributed by atoms with Crippen LogP contribution < -0.4 is 10.2 Å². The van der Waals surface area contributed by atoms with Crippen LogP contribution in [-0.4, -0.2) is 58.0 Å². The molecule has 1 atom stereocenters. The zero-order valence-corrected chi connectivity index (χ0v) is 23.3. The Kier molecular flexibility index (Phi) is 8.00. The first kappa shape index (κ1) is 26.4. The van der Waals surface area contributed by atoms with E-state index in [9.17, 15) is 4.79 Å². The average molecular weight is 535 g/mol. The van der Waals surface area contributed by atoms with Gasteiger partial charge in [-0.05, 0) is 37.8 Å². The molecule has 1 amide bonds. The summed E-state index contributed by atoms with van der Waals surface area (Å²) in [6, 6.07) is 20.4. The molecule has 1 saturated carbocycles. The maximum atomic E-state index is 14.2. The molecule has 2 aliphatic rings. The van der Waals surface area contributed by atoms with Gasteiger partial charge in [0, 0.05) is 67.7 Å². The van der Waals surface area contributed by atoms with Crippen LogP contribution in [0.1, 0.15) is 54.9 Å². The summed E-state index contributed by atoms with van der Waals surface area (Å²) in [6.45, 7) is 6.24. The predicted molar refractivity (Wildman–Crippen MR) is 160 cm³/mol. The Bertz CT molecular complexity index is 1430. The minimum atomic E-state index is 0.0141. The Labute approximate surface area is 236 Å². The summed E-state index contributed by atoms with van der Waals surface area (Å²) in [5.41, 5.74) is 4.55. The van der Waals surface area contributed by atoms with Crippen LogP contribution in [0.4, 0.5) is 5.95 Å². The lowest BCUT2D eigenvalue weighted by Crippen LogP contribution is -2.47. The van der Waals surface area contributed by atoms with Gasteiger partial charge in [0.25, 0.3) is 5.91 Å². The molecule has 1 aliphatic carbocycles. The lowest BCUT2D eigenvalue weighted by Gasteiger charge is -2.35. The van der Waals surface area contributed by atoms with Crippen molar-refractivity contribution >= 4 is 22.8 Å². The number of aromatic nitrogens is 3. The van der Waals surface area contributed by atoms with E-state index < -0.39 is 0 Å². The largest absolute Gasteiger partial charge is 0.349 e. The van der Waals surface area contributed by atoms with Gasteiger partial charge in [0.2, 0.25) is 5.95 Å². The number of rotatable bonds is 7. The predicted octanol–water partition coefficient (Wildman–Crippen LogP) is 5.71. The number of fused-ring (bicyclic) bond motifs is 1. The molecule has 0 bridgehead atoms. The van der Waals surface area contributed by atoms with Crippen LogP contribution in [0.25, 0.3) is 22.2 Å². The van der Waals surface area contributed by atoms with Gasteiger partial charge >= 0.3 is 0 Å². The van der Waals surface area contributed by atoms with E-state index in [2.05, 4.69) is 44.1 Å². The third-order valence-electron chi connectivity index (χ3n) is 8.57. The number of benzene rings is 2. The van der Waals surface area contributed by atoms with Crippen LogP contribution >= 0.6 is 0 Å². The Morgan fingerprint density at radius 2 is 1.60 bits per heavy atom. The van der Waals surface area contributed by atoms with Gasteiger partial charge < -0.3 is 10.2 Å². The quantitative estimate of drug-likeness (QED) is 0.327. The lowest BCUT2D eigenvalue weighted by atomic mass is 9.84. The number of pyridine rings is 1. The van der Waals surface area contributed by atoms with Crippen molar-refractivity contribution in [2.24, 2.45) is 5.92 Å². The summed E-state index contributed by atoms with van der Waals surface area (Å²) in [6.07, 6.45) is 9.78. The fraction of sp³-hybridized carbons (Fsp3) is 0.394. The smallest absolute Gasteiger partial charge is 0.252 e. The maximum absolute atomic E-state index is 14.2. The molecule has 1 N–H and O–H groups in total. The van der Waals surface area contributed by atoms with E-state index in [1.165, 1.54) is 32.1 Å². The van der Waals surface area contributed by atoms with E-state index in [0.29, 0.717) is 12.5 Å². The zero-order valence-electron chi connectivity index (χ0n) is 23.3. The molecule has 2 aromatic heterocycles. The van der Waals surface area contributed by atoms with Gasteiger partial charge in [-0.2, -0.15) is 0 Å². The van der Waals surface area contributed by atoms with Crippen LogP contribution in [0.15, 0.2) is 73.1 Å². The fourth-order valence-electron chi connectivity index (χ4n) is 6.31. The van der Waals surface area contributed by atoms with Gasteiger partial charge in [-0.25, -0.2) is 15.0 Å². The highest BCUT2D eigenvalue weighted by Gasteiger charge is 2.28. The molecular weight excluding hydrogens is 496 g/mol. The van der Waals surface area contributed by atoms with Crippen LogP contribution in [0.3, 0.4) is 0 Å². The molecule has 7 heteroatoms. The van der Waals surface area contributed by atoms with E-state index in [1.54, 1.807) is 12.4 Å². The Hall–Kier alpha value is -3.84. The van der Waals surface area contributed by atoms with E-state index in [0.717, 1.165) is 65.4 Å². The van der Waals surface area contributed by atoms with E-state index in [1.807, 2.05) is 48.5 Å². The third kappa shape index (κ3) is 5.70. The van der Waals surface area contributed by atoms with Crippen molar-refractivity contribution in [1.29, 1.82) is 0 Å². The van der Waals surface area contributed by atoms with Gasteiger partial charge in [-0.3, -0.25) is 9.69 Å². The monoisotopic (exact) mass is 534 g/mol. The van der Waals surface area contributed by atoms with Crippen LogP contribution in [0, 0.1) is 5.92 Å². The molecule has 40 heavy (non-hydrogen) atoms. The van der Waals surface area contributed by atoms with Gasteiger partial charge in [0.05, 0.1) is 16.8 Å². The number of anilines is 1. The Morgan fingerprint density at radius 3 is 2.35 bits per heavy atom. The number of hydrogen-bond donors (Lipinski definition) is 1. The molecule has 3 heterocycles. The van der Waals surface area contributed by atoms with Crippen molar-refractivity contribution in [2.75, 3.05) is 31.1 Å². The van der Waals surface area contributed by atoms with Crippen molar-refractivity contribution in [3.8, 4) is 11.3 Å². The maximum Gasteiger partial charge on any atom is 0.252 e. The Balaban J connectivity index is 1.35. The topological polar surface area (TPSA) is 74.2 Å². The summed E-state index contributed by atoms with van der Waals surface area (Å²) in [5, 5.41) is 4.35.